The van der Waals surface area contributed by atoms with Gasteiger partial charge in [0, 0.05) is 30.2 Å². The smallest absolute Gasteiger partial charge is 0.185 e. The van der Waals surface area contributed by atoms with Crippen LogP contribution in [0.3, 0.4) is 0 Å². The highest BCUT2D eigenvalue weighted by molar-refractivity contribution is 7.15. The topological polar surface area (TPSA) is 51.4 Å². The minimum Gasteiger partial charge on any atom is -0.372 e. The van der Waals surface area contributed by atoms with Crippen LogP contribution in [0.25, 0.3) is 0 Å². The lowest BCUT2D eigenvalue weighted by Gasteiger charge is -2.37. The summed E-state index contributed by atoms with van der Waals surface area (Å²) in [6, 6.07) is 0.0697. The summed E-state index contributed by atoms with van der Waals surface area (Å²) in [4.78, 5) is 7.85. The summed E-state index contributed by atoms with van der Waals surface area (Å²) in [6.07, 6.45) is 1.88. The number of thiazole rings is 1. The van der Waals surface area contributed by atoms with Gasteiger partial charge in [-0.25, -0.2) is 4.98 Å². The minimum atomic E-state index is -0.0849. The van der Waals surface area contributed by atoms with E-state index in [1.165, 1.54) is 0 Å². The Labute approximate surface area is 100 Å². The number of morpholine rings is 1. The second-order valence-corrected chi connectivity index (χ2v) is 5.90. The molecule has 0 radical (unpaired) electrons. The lowest BCUT2D eigenvalue weighted by Crippen LogP contribution is -2.48. The molecule has 0 amide bonds. The van der Waals surface area contributed by atoms with Gasteiger partial charge in [0.25, 0.3) is 0 Å². The molecule has 90 valence electrons. The molecule has 1 atom stereocenters. The largest absolute Gasteiger partial charge is 0.372 e. The normalized spacial score (nSPS) is 22.1. The summed E-state index contributed by atoms with van der Waals surface area (Å²) in [7, 11) is 0. The van der Waals surface area contributed by atoms with E-state index < -0.39 is 0 Å². The molecule has 0 aromatic carbocycles. The summed E-state index contributed by atoms with van der Waals surface area (Å²) in [5.74, 6) is 0. The molecule has 0 saturated carbocycles. The van der Waals surface area contributed by atoms with Crippen molar-refractivity contribution in [1.82, 2.24) is 4.98 Å². The van der Waals surface area contributed by atoms with Crippen molar-refractivity contribution in [2.75, 3.05) is 24.6 Å². The van der Waals surface area contributed by atoms with Crippen LogP contribution in [0.4, 0.5) is 5.13 Å². The zero-order chi connectivity index (χ0) is 11.8. The van der Waals surface area contributed by atoms with Crippen LogP contribution in [0, 0.1) is 0 Å². The first-order valence-corrected chi connectivity index (χ1v) is 6.40. The van der Waals surface area contributed by atoms with Crippen LogP contribution >= 0.6 is 11.3 Å². The Hall–Kier alpha value is -0.650. The molecule has 2 heterocycles. The Morgan fingerprint density at radius 1 is 1.62 bits per heavy atom. The Morgan fingerprint density at radius 3 is 2.94 bits per heavy atom. The standard InChI is InChI=1S/C11H19N3OS/c1-8(12)9-6-13-10(16-9)14-4-5-15-11(2,3)7-14/h6,8H,4-5,7,12H2,1-3H3. The molecule has 4 nitrogen and oxygen atoms in total. The molecular formula is C11H19N3OS. The highest BCUT2D eigenvalue weighted by Crippen LogP contribution is 2.29. The fourth-order valence-corrected chi connectivity index (χ4v) is 2.71. The fourth-order valence-electron chi connectivity index (χ4n) is 1.81. The van der Waals surface area contributed by atoms with E-state index in [9.17, 15) is 0 Å². The Morgan fingerprint density at radius 2 is 2.38 bits per heavy atom. The Balaban J connectivity index is 2.11. The molecule has 1 aliphatic heterocycles. The summed E-state index contributed by atoms with van der Waals surface area (Å²) < 4.78 is 5.68. The average Bonchev–Trinajstić information content (AvgIpc) is 2.64. The number of ether oxygens (including phenoxy) is 1. The lowest BCUT2D eigenvalue weighted by molar-refractivity contribution is -0.0277. The van der Waals surface area contributed by atoms with Crippen molar-refractivity contribution in [2.45, 2.75) is 32.4 Å². The number of aromatic nitrogens is 1. The van der Waals surface area contributed by atoms with Gasteiger partial charge in [-0.05, 0) is 20.8 Å². The van der Waals surface area contributed by atoms with Gasteiger partial charge in [0.2, 0.25) is 0 Å². The van der Waals surface area contributed by atoms with E-state index in [0.29, 0.717) is 0 Å². The van der Waals surface area contributed by atoms with Crippen LogP contribution in [0.2, 0.25) is 0 Å². The highest BCUT2D eigenvalue weighted by Gasteiger charge is 2.28. The number of nitrogens with two attached hydrogens (primary N) is 1. The molecule has 1 aliphatic rings. The van der Waals surface area contributed by atoms with Gasteiger partial charge < -0.3 is 15.4 Å². The van der Waals surface area contributed by atoms with Gasteiger partial charge in [0.05, 0.1) is 12.2 Å². The first kappa shape index (κ1) is 11.8. The minimum absolute atomic E-state index is 0.0697. The van der Waals surface area contributed by atoms with Crippen LogP contribution in [-0.4, -0.2) is 30.3 Å². The number of nitrogens with zero attached hydrogens (tertiary/aromatic N) is 2. The van der Waals surface area contributed by atoms with Crippen molar-refractivity contribution in [1.29, 1.82) is 0 Å². The van der Waals surface area contributed by atoms with Crippen LogP contribution < -0.4 is 10.6 Å². The SMILES string of the molecule is CC(N)c1cnc(N2CCOC(C)(C)C2)s1. The van der Waals surface area contributed by atoms with Gasteiger partial charge in [-0.3, -0.25) is 0 Å². The third kappa shape index (κ3) is 2.53. The molecule has 1 fully saturated rings. The molecule has 0 aliphatic carbocycles. The van der Waals surface area contributed by atoms with Crippen molar-refractivity contribution in [3.05, 3.63) is 11.1 Å². The van der Waals surface area contributed by atoms with Crippen LogP contribution in [0.5, 0.6) is 0 Å². The average molecular weight is 241 g/mol. The predicted octanol–water partition coefficient (Wildman–Crippen LogP) is 1.78. The molecule has 0 bridgehead atoms. The summed E-state index contributed by atoms with van der Waals surface area (Å²) in [6.45, 7) is 8.77. The number of anilines is 1. The molecule has 5 heteroatoms. The number of rotatable bonds is 2. The fraction of sp³-hybridized carbons (Fsp3) is 0.727. The van der Waals surface area contributed by atoms with Gasteiger partial charge in [-0.2, -0.15) is 0 Å². The summed E-state index contributed by atoms with van der Waals surface area (Å²) in [5.41, 5.74) is 5.75. The molecule has 1 aromatic rings. The zero-order valence-electron chi connectivity index (χ0n) is 10.1. The van der Waals surface area contributed by atoms with E-state index in [-0.39, 0.29) is 11.6 Å². The van der Waals surface area contributed by atoms with E-state index in [4.69, 9.17) is 10.5 Å². The third-order valence-electron chi connectivity index (χ3n) is 2.66. The van der Waals surface area contributed by atoms with Gasteiger partial charge in [-0.15, -0.1) is 11.3 Å². The van der Waals surface area contributed by atoms with Crippen LogP contribution in [-0.2, 0) is 4.74 Å². The van der Waals surface area contributed by atoms with Gasteiger partial charge >= 0.3 is 0 Å². The van der Waals surface area contributed by atoms with Gasteiger partial charge in [-0.1, -0.05) is 0 Å². The third-order valence-corrected chi connectivity index (χ3v) is 3.92. The molecular weight excluding hydrogens is 222 g/mol. The highest BCUT2D eigenvalue weighted by atomic mass is 32.1. The van der Waals surface area contributed by atoms with Crippen molar-refractivity contribution >= 4 is 16.5 Å². The molecule has 2 rings (SSSR count). The van der Waals surface area contributed by atoms with E-state index >= 15 is 0 Å². The second kappa shape index (κ2) is 4.31. The number of hydrogen-bond acceptors (Lipinski definition) is 5. The number of hydrogen-bond donors (Lipinski definition) is 1. The maximum atomic E-state index is 5.84. The monoisotopic (exact) mass is 241 g/mol. The van der Waals surface area contributed by atoms with E-state index in [2.05, 4.69) is 23.7 Å². The quantitative estimate of drug-likeness (QED) is 0.857. The van der Waals surface area contributed by atoms with Crippen LogP contribution in [0.1, 0.15) is 31.7 Å². The lowest BCUT2D eigenvalue weighted by atomic mass is 10.1. The zero-order valence-corrected chi connectivity index (χ0v) is 10.9. The van der Waals surface area contributed by atoms with E-state index in [0.717, 1.165) is 29.7 Å². The van der Waals surface area contributed by atoms with E-state index in [1.54, 1.807) is 11.3 Å². The van der Waals surface area contributed by atoms with Crippen molar-refractivity contribution in [3.63, 3.8) is 0 Å². The molecule has 1 saturated heterocycles. The maximum absolute atomic E-state index is 5.84. The van der Waals surface area contributed by atoms with Crippen LogP contribution in [0.15, 0.2) is 6.20 Å². The van der Waals surface area contributed by atoms with Gasteiger partial charge in [0.15, 0.2) is 5.13 Å². The summed E-state index contributed by atoms with van der Waals surface area (Å²) in [5, 5.41) is 1.06. The molecule has 2 N–H and O–H groups in total. The van der Waals surface area contributed by atoms with Crippen molar-refractivity contribution < 1.29 is 4.74 Å². The molecule has 1 unspecified atom stereocenters. The molecule has 16 heavy (non-hydrogen) atoms. The summed E-state index contributed by atoms with van der Waals surface area (Å²) >= 11 is 1.68. The molecule has 1 aromatic heterocycles. The maximum Gasteiger partial charge on any atom is 0.185 e. The predicted molar refractivity (Wildman–Crippen MR) is 67.0 cm³/mol. The Bertz CT molecular complexity index is 362. The van der Waals surface area contributed by atoms with Gasteiger partial charge in [0.1, 0.15) is 0 Å². The van der Waals surface area contributed by atoms with E-state index in [1.807, 2.05) is 13.1 Å². The van der Waals surface area contributed by atoms with Crippen molar-refractivity contribution in [2.24, 2.45) is 5.73 Å². The first-order chi connectivity index (χ1) is 7.48. The second-order valence-electron chi connectivity index (χ2n) is 4.86. The Kier molecular flexibility index (Phi) is 3.19. The first-order valence-electron chi connectivity index (χ1n) is 5.58. The molecule has 0 spiro atoms. The van der Waals surface area contributed by atoms with Crippen molar-refractivity contribution in [3.8, 4) is 0 Å².